The molecule has 1 aromatic carbocycles. The van der Waals surface area contributed by atoms with Crippen molar-refractivity contribution in [3.05, 3.63) is 30.3 Å². The summed E-state index contributed by atoms with van der Waals surface area (Å²) in [7, 11) is -1.55. The number of hydrogen-bond donors (Lipinski definition) is 1. The van der Waals surface area contributed by atoms with E-state index in [1.165, 1.54) is 38.5 Å². The molecule has 0 saturated carbocycles. The fourth-order valence-electron chi connectivity index (χ4n) is 2.12. The lowest BCUT2D eigenvalue weighted by Crippen LogP contribution is -2.03. The van der Waals surface area contributed by atoms with Crippen LogP contribution in [0.3, 0.4) is 0 Å². The lowest BCUT2D eigenvalue weighted by molar-refractivity contribution is -0.152. The molecular formula is C16H27N2OP. The number of rotatable bonds is 11. The molecule has 0 amide bonds. The Hall–Kier alpha value is -0.760. The van der Waals surface area contributed by atoms with Gasteiger partial charge in [-0.3, -0.25) is 0 Å². The molecule has 0 spiro atoms. The van der Waals surface area contributed by atoms with E-state index in [9.17, 15) is 4.89 Å². The number of nitrogens with two attached hydrogens (primary N) is 1. The topological polar surface area (TPSA) is 61.4 Å². The maximum atomic E-state index is 11.9. The zero-order chi connectivity index (χ0) is 14.5. The van der Waals surface area contributed by atoms with E-state index in [0.29, 0.717) is 0 Å². The molecule has 0 bridgehead atoms. The van der Waals surface area contributed by atoms with Gasteiger partial charge >= 0.3 is 0 Å². The van der Waals surface area contributed by atoms with Crippen LogP contribution in [0, 0.1) is 0 Å². The van der Waals surface area contributed by atoms with Gasteiger partial charge in [0.25, 0.3) is 0 Å². The molecule has 2 N–H and O–H groups in total. The van der Waals surface area contributed by atoms with E-state index in [-0.39, 0.29) is 0 Å². The fourth-order valence-corrected chi connectivity index (χ4v) is 3.03. The second-order valence-electron chi connectivity index (χ2n) is 5.09. The van der Waals surface area contributed by atoms with Gasteiger partial charge in [0.05, 0.1) is 6.54 Å². The van der Waals surface area contributed by atoms with Crippen molar-refractivity contribution < 1.29 is 4.89 Å². The number of nitrogens with zero attached hydrogens (tertiary/aromatic N) is 1. The molecule has 1 aromatic rings. The molecule has 0 fully saturated rings. The summed E-state index contributed by atoms with van der Waals surface area (Å²) < 4.78 is 4.25. The third kappa shape index (κ3) is 8.42. The predicted octanol–water partition coefficient (Wildman–Crippen LogP) is 3.33. The van der Waals surface area contributed by atoms with Crippen LogP contribution < -0.4 is 15.9 Å². The van der Waals surface area contributed by atoms with Crippen LogP contribution in [0.1, 0.15) is 51.4 Å². The lowest BCUT2D eigenvalue weighted by atomic mass is 10.1. The fraction of sp³-hybridized carbons (Fsp3) is 0.625. The summed E-state index contributed by atoms with van der Waals surface area (Å²) in [6, 6.07) is 9.50. The van der Waals surface area contributed by atoms with Crippen molar-refractivity contribution in [2.45, 2.75) is 51.4 Å². The van der Waals surface area contributed by atoms with Gasteiger partial charge < -0.3 is 10.6 Å². The number of unbranched alkanes of at least 4 members (excludes halogenated alkanes) is 7. The summed E-state index contributed by atoms with van der Waals surface area (Å²) >= 11 is 0. The van der Waals surface area contributed by atoms with Gasteiger partial charge in [-0.25, -0.2) is 0 Å². The van der Waals surface area contributed by atoms with E-state index in [0.717, 1.165) is 31.2 Å². The standard InChI is InChI=1S/C16H27N2OP/c17-14-10-5-3-1-2-4-6-11-15-18-20(19)16-12-8-7-9-13-16/h7-9,12-13H,1-6,10-11,14-15,17H2. The van der Waals surface area contributed by atoms with E-state index in [4.69, 9.17) is 5.73 Å². The molecule has 3 nitrogen and oxygen atoms in total. The average molecular weight is 294 g/mol. The van der Waals surface area contributed by atoms with Crippen LogP contribution in [0.4, 0.5) is 0 Å². The average Bonchev–Trinajstić information content (AvgIpc) is 2.50. The van der Waals surface area contributed by atoms with E-state index in [1.807, 2.05) is 30.3 Å². The van der Waals surface area contributed by atoms with Crippen LogP contribution in [-0.4, -0.2) is 13.1 Å². The molecule has 0 aliphatic carbocycles. The summed E-state index contributed by atoms with van der Waals surface area (Å²) in [5.74, 6) is 0. The third-order valence-electron chi connectivity index (χ3n) is 3.32. The summed E-state index contributed by atoms with van der Waals surface area (Å²) in [4.78, 5) is 11.9. The van der Waals surface area contributed by atoms with Gasteiger partial charge in [0, 0.05) is 0 Å². The smallest absolute Gasteiger partial charge is 0.202 e. The van der Waals surface area contributed by atoms with Crippen molar-refractivity contribution in [3.63, 3.8) is 0 Å². The van der Waals surface area contributed by atoms with Gasteiger partial charge in [-0.05, 0) is 31.5 Å². The molecule has 0 aliphatic heterocycles. The Labute approximate surface area is 124 Å². The highest BCUT2D eigenvalue weighted by Crippen LogP contribution is 2.14. The maximum Gasteiger partial charge on any atom is 0.202 e. The van der Waals surface area contributed by atoms with Crippen LogP contribution in [-0.2, 0) is 0 Å². The molecule has 0 radical (unpaired) electrons. The molecule has 1 unspecified atom stereocenters. The van der Waals surface area contributed by atoms with Crippen molar-refractivity contribution >= 4 is 13.2 Å². The SMILES string of the molecule is NCCCCCCCCCCN=[P+]([O-])c1ccccc1. The van der Waals surface area contributed by atoms with E-state index < -0.39 is 7.94 Å². The van der Waals surface area contributed by atoms with Crippen molar-refractivity contribution in [3.8, 4) is 0 Å². The van der Waals surface area contributed by atoms with Crippen LogP contribution >= 0.6 is 7.94 Å². The monoisotopic (exact) mass is 294 g/mol. The summed E-state index contributed by atoms with van der Waals surface area (Å²) in [5, 5.41) is 0.836. The van der Waals surface area contributed by atoms with Crippen LogP contribution in [0.25, 0.3) is 0 Å². The first-order chi connectivity index (χ1) is 9.84. The molecular weight excluding hydrogens is 267 g/mol. The highest BCUT2D eigenvalue weighted by molar-refractivity contribution is 7.48. The number of hydrogen-bond acceptors (Lipinski definition) is 3. The molecule has 0 aliphatic rings. The molecule has 112 valence electrons. The van der Waals surface area contributed by atoms with E-state index >= 15 is 0 Å². The zero-order valence-electron chi connectivity index (χ0n) is 12.3. The second kappa shape index (κ2) is 12.0. The minimum absolute atomic E-state index is 0.720. The largest absolute Gasteiger partial charge is 0.607 e. The van der Waals surface area contributed by atoms with Gasteiger partial charge in [0.15, 0.2) is 5.30 Å². The Bertz CT molecular complexity index is 368. The third-order valence-corrected chi connectivity index (χ3v) is 4.51. The van der Waals surface area contributed by atoms with Crippen LogP contribution in [0.5, 0.6) is 0 Å². The van der Waals surface area contributed by atoms with Crippen molar-refractivity contribution in [1.29, 1.82) is 0 Å². The molecule has 20 heavy (non-hydrogen) atoms. The van der Waals surface area contributed by atoms with Gasteiger partial charge in [-0.15, -0.1) is 4.74 Å². The Balaban J connectivity index is 1.99. The quantitative estimate of drug-likeness (QED) is 0.502. The lowest BCUT2D eigenvalue weighted by Gasteiger charge is -2.00. The molecule has 1 rings (SSSR count). The second-order valence-corrected chi connectivity index (χ2v) is 6.44. The molecule has 4 heteroatoms. The van der Waals surface area contributed by atoms with Crippen molar-refractivity contribution in [2.75, 3.05) is 13.1 Å². The maximum absolute atomic E-state index is 11.9. The van der Waals surface area contributed by atoms with Crippen molar-refractivity contribution in [2.24, 2.45) is 10.5 Å². The first kappa shape index (κ1) is 17.3. The summed E-state index contributed by atoms with van der Waals surface area (Å²) in [6.45, 7) is 1.54. The molecule has 0 aromatic heterocycles. The normalized spacial score (nSPS) is 11.8. The van der Waals surface area contributed by atoms with E-state index in [2.05, 4.69) is 4.74 Å². The molecule has 0 saturated heterocycles. The highest BCUT2D eigenvalue weighted by atomic mass is 31.1. The Morgan fingerprint density at radius 1 is 0.850 bits per heavy atom. The predicted molar refractivity (Wildman–Crippen MR) is 86.3 cm³/mol. The Morgan fingerprint density at radius 2 is 1.40 bits per heavy atom. The van der Waals surface area contributed by atoms with Gasteiger partial charge in [-0.1, -0.05) is 56.7 Å². The van der Waals surface area contributed by atoms with Crippen molar-refractivity contribution in [1.82, 2.24) is 0 Å². The van der Waals surface area contributed by atoms with Gasteiger partial charge in [-0.2, -0.15) is 0 Å². The zero-order valence-corrected chi connectivity index (χ0v) is 13.2. The Kier molecular flexibility index (Phi) is 10.4. The first-order valence-electron chi connectivity index (χ1n) is 7.74. The highest BCUT2D eigenvalue weighted by Gasteiger charge is 2.02. The van der Waals surface area contributed by atoms with Crippen LogP contribution in [0.15, 0.2) is 35.1 Å². The van der Waals surface area contributed by atoms with Gasteiger partial charge in [0.2, 0.25) is 7.94 Å². The number of benzene rings is 1. The minimum atomic E-state index is -1.55. The summed E-state index contributed by atoms with van der Waals surface area (Å²) in [6.07, 6.45) is 9.86. The minimum Gasteiger partial charge on any atom is -0.607 e. The van der Waals surface area contributed by atoms with Crippen LogP contribution in [0.2, 0.25) is 0 Å². The van der Waals surface area contributed by atoms with E-state index in [1.54, 1.807) is 0 Å². The summed E-state index contributed by atoms with van der Waals surface area (Å²) in [5.41, 5.74) is 5.46. The first-order valence-corrected chi connectivity index (χ1v) is 8.95. The Morgan fingerprint density at radius 3 is 2.00 bits per heavy atom. The molecule has 0 heterocycles. The molecule has 1 atom stereocenters. The van der Waals surface area contributed by atoms with Gasteiger partial charge in [0.1, 0.15) is 0 Å².